The molecule has 0 saturated carbocycles. The lowest BCUT2D eigenvalue weighted by molar-refractivity contribution is 0.112. The number of nitrogens with zero attached hydrogens (tertiary/aromatic N) is 1. The van der Waals surface area contributed by atoms with E-state index in [9.17, 15) is 4.79 Å². The smallest absolute Gasteiger partial charge is 0.153 e. The summed E-state index contributed by atoms with van der Waals surface area (Å²) in [5.41, 5.74) is 6.68. The third-order valence-electron chi connectivity index (χ3n) is 1.96. The fraction of sp³-hybridized carbons (Fsp3) is 0. The Balaban J connectivity index is 2.79. The SMILES string of the molecule is Nc1nc2ccc(Cl)cc2cc1C=O. The van der Waals surface area contributed by atoms with Gasteiger partial charge in [-0.2, -0.15) is 0 Å². The van der Waals surface area contributed by atoms with Gasteiger partial charge in [-0.3, -0.25) is 4.79 Å². The molecule has 3 nitrogen and oxygen atoms in total. The van der Waals surface area contributed by atoms with E-state index in [1.165, 1.54) is 0 Å². The van der Waals surface area contributed by atoms with Gasteiger partial charge in [-0.05, 0) is 24.3 Å². The van der Waals surface area contributed by atoms with Gasteiger partial charge in [0.1, 0.15) is 5.82 Å². The molecular weight excluding hydrogens is 200 g/mol. The summed E-state index contributed by atoms with van der Waals surface area (Å²) in [5.74, 6) is 0.245. The minimum atomic E-state index is 0.245. The molecule has 0 radical (unpaired) electrons. The van der Waals surface area contributed by atoms with Gasteiger partial charge in [0.2, 0.25) is 0 Å². The molecule has 0 spiro atoms. The van der Waals surface area contributed by atoms with Gasteiger partial charge in [-0.1, -0.05) is 11.6 Å². The molecule has 0 fully saturated rings. The van der Waals surface area contributed by atoms with Crippen LogP contribution >= 0.6 is 11.6 Å². The monoisotopic (exact) mass is 206 g/mol. The van der Waals surface area contributed by atoms with Gasteiger partial charge in [0.15, 0.2) is 6.29 Å². The number of aldehydes is 1. The van der Waals surface area contributed by atoms with E-state index in [1.807, 2.05) is 0 Å². The van der Waals surface area contributed by atoms with E-state index in [4.69, 9.17) is 17.3 Å². The summed E-state index contributed by atoms with van der Waals surface area (Å²) in [5, 5.41) is 1.43. The van der Waals surface area contributed by atoms with Gasteiger partial charge in [0, 0.05) is 10.4 Å². The van der Waals surface area contributed by atoms with Crippen molar-refractivity contribution in [3.63, 3.8) is 0 Å². The number of hydrogen-bond donors (Lipinski definition) is 1. The molecule has 0 aliphatic carbocycles. The Morgan fingerprint density at radius 3 is 2.86 bits per heavy atom. The van der Waals surface area contributed by atoms with Crippen molar-refractivity contribution in [2.24, 2.45) is 0 Å². The molecule has 0 saturated heterocycles. The number of fused-ring (bicyclic) bond motifs is 1. The summed E-state index contributed by atoms with van der Waals surface area (Å²) in [6.45, 7) is 0. The number of pyridine rings is 1. The van der Waals surface area contributed by atoms with Crippen LogP contribution in [0.5, 0.6) is 0 Å². The molecule has 0 atom stereocenters. The molecule has 0 bridgehead atoms. The van der Waals surface area contributed by atoms with Crippen LogP contribution < -0.4 is 5.73 Å². The maximum absolute atomic E-state index is 10.6. The number of halogens is 1. The molecule has 4 heteroatoms. The van der Waals surface area contributed by atoms with E-state index in [-0.39, 0.29) is 5.82 Å². The third kappa shape index (κ3) is 1.42. The number of rotatable bonds is 1. The predicted octanol–water partition coefficient (Wildman–Crippen LogP) is 2.28. The number of nitrogens with two attached hydrogens (primary N) is 1. The normalized spacial score (nSPS) is 10.4. The number of carbonyl (C=O) groups excluding carboxylic acids is 1. The summed E-state index contributed by atoms with van der Waals surface area (Å²) < 4.78 is 0. The largest absolute Gasteiger partial charge is 0.383 e. The molecule has 0 aliphatic heterocycles. The molecule has 1 aromatic heterocycles. The van der Waals surface area contributed by atoms with E-state index in [1.54, 1.807) is 24.3 Å². The van der Waals surface area contributed by atoms with Crippen molar-refractivity contribution >= 4 is 34.6 Å². The number of hydrogen-bond acceptors (Lipinski definition) is 3. The Hall–Kier alpha value is -1.61. The lowest BCUT2D eigenvalue weighted by Gasteiger charge is -2.01. The van der Waals surface area contributed by atoms with Crippen molar-refractivity contribution in [1.82, 2.24) is 4.98 Å². The lowest BCUT2D eigenvalue weighted by Crippen LogP contribution is -1.96. The molecular formula is C10H7ClN2O. The van der Waals surface area contributed by atoms with Crippen LogP contribution in [0.4, 0.5) is 5.82 Å². The number of benzene rings is 1. The minimum Gasteiger partial charge on any atom is -0.383 e. The highest BCUT2D eigenvalue weighted by Crippen LogP contribution is 2.20. The first-order chi connectivity index (χ1) is 6.70. The van der Waals surface area contributed by atoms with Gasteiger partial charge in [0.05, 0.1) is 11.1 Å². The molecule has 0 amide bonds. The Morgan fingerprint density at radius 1 is 1.36 bits per heavy atom. The van der Waals surface area contributed by atoms with Crippen LogP contribution in [0.2, 0.25) is 5.02 Å². The summed E-state index contributed by atoms with van der Waals surface area (Å²) in [6, 6.07) is 6.92. The minimum absolute atomic E-state index is 0.245. The highest BCUT2D eigenvalue weighted by molar-refractivity contribution is 6.31. The van der Waals surface area contributed by atoms with Crippen molar-refractivity contribution in [1.29, 1.82) is 0 Å². The molecule has 0 aliphatic rings. The Bertz CT molecular complexity index is 511. The molecule has 2 aromatic rings. The second kappa shape index (κ2) is 3.27. The zero-order chi connectivity index (χ0) is 10.1. The van der Waals surface area contributed by atoms with Crippen LogP contribution in [0.1, 0.15) is 10.4 Å². The van der Waals surface area contributed by atoms with Crippen molar-refractivity contribution in [2.45, 2.75) is 0 Å². The summed E-state index contributed by atoms with van der Waals surface area (Å²) in [6.07, 6.45) is 0.683. The molecule has 2 N–H and O–H groups in total. The molecule has 1 heterocycles. The topological polar surface area (TPSA) is 56.0 Å². The highest BCUT2D eigenvalue weighted by Gasteiger charge is 2.02. The van der Waals surface area contributed by atoms with Gasteiger partial charge < -0.3 is 5.73 Å². The predicted molar refractivity (Wildman–Crippen MR) is 56.6 cm³/mol. The van der Waals surface area contributed by atoms with Gasteiger partial charge in [0.25, 0.3) is 0 Å². The van der Waals surface area contributed by atoms with Crippen LogP contribution in [0.25, 0.3) is 10.9 Å². The zero-order valence-corrected chi connectivity index (χ0v) is 7.95. The van der Waals surface area contributed by atoms with Crippen LogP contribution in [0, 0.1) is 0 Å². The molecule has 14 heavy (non-hydrogen) atoms. The summed E-state index contributed by atoms with van der Waals surface area (Å²) in [4.78, 5) is 14.7. The van der Waals surface area contributed by atoms with E-state index in [0.29, 0.717) is 16.9 Å². The van der Waals surface area contributed by atoms with Gasteiger partial charge >= 0.3 is 0 Å². The van der Waals surface area contributed by atoms with Crippen LogP contribution in [0.15, 0.2) is 24.3 Å². The maximum atomic E-state index is 10.6. The first-order valence-corrected chi connectivity index (χ1v) is 4.39. The second-order valence-electron chi connectivity index (χ2n) is 2.92. The van der Waals surface area contributed by atoms with Crippen molar-refractivity contribution in [3.05, 3.63) is 34.9 Å². The van der Waals surface area contributed by atoms with Crippen molar-refractivity contribution < 1.29 is 4.79 Å². The van der Waals surface area contributed by atoms with Crippen molar-refractivity contribution in [3.8, 4) is 0 Å². The third-order valence-corrected chi connectivity index (χ3v) is 2.20. The quantitative estimate of drug-likeness (QED) is 0.729. The van der Waals surface area contributed by atoms with Crippen LogP contribution in [0.3, 0.4) is 0 Å². The number of carbonyl (C=O) groups is 1. The Kier molecular flexibility index (Phi) is 2.09. The average molecular weight is 207 g/mol. The van der Waals surface area contributed by atoms with Crippen LogP contribution in [-0.2, 0) is 0 Å². The Labute approximate surface area is 85.5 Å². The number of anilines is 1. The maximum Gasteiger partial charge on any atom is 0.153 e. The molecule has 70 valence electrons. The summed E-state index contributed by atoms with van der Waals surface area (Å²) in [7, 11) is 0. The van der Waals surface area contributed by atoms with E-state index in [2.05, 4.69) is 4.98 Å². The van der Waals surface area contributed by atoms with Gasteiger partial charge in [-0.25, -0.2) is 4.98 Å². The highest BCUT2D eigenvalue weighted by atomic mass is 35.5. The second-order valence-corrected chi connectivity index (χ2v) is 3.35. The van der Waals surface area contributed by atoms with Crippen molar-refractivity contribution in [2.75, 3.05) is 5.73 Å². The molecule has 1 aromatic carbocycles. The number of aromatic nitrogens is 1. The Morgan fingerprint density at radius 2 is 2.14 bits per heavy atom. The first kappa shape index (κ1) is 8.97. The number of nitrogen functional groups attached to an aromatic ring is 1. The fourth-order valence-electron chi connectivity index (χ4n) is 1.27. The summed E-state index contributed by atoms with van der Waals surface area (Å²) >= 11 is 5.81. The van der Waals surface area contributed by atoms with Gasteiger partial charge in [-0.15, -0.1) is 0 Å². The molecule has 0 unspecified atom stereocenters. The van der Waals surface area contributed by atoms with E-state index < -0.39 is 0 Å². The average Bonchev–Trinajstić information content (AvgIpc) is 2.17. The first-order valence-electron chi connectivity index (χ1n) is 4.01. The van der Waals surface area contributed by atoms with Crippen LogP contribution in [-0.4, -0.2) is 11.3 Å². The standard InChI is InChI=1S/C10H7ClN2O/c11-8-1-2-9-6(4-8)3-7(5-14)10(12)13-9/h1-5H,(H2,12,13). The fourth-order valence-corrected chi connectivity index (χ4v) is 1.45. The molecule has 2 rings (SSSR count). The zero-order valence-electron chi connectivity index (χ0n) is 7.20. The lowest BCUT2D eigenvalue weighted by atomic mass is 10.1. The van der Waals surface area contributed by atoms with E-state index in [0.717, 1.165) is 10.9 Å². The van der Waals surface area contributed by atoms with E-state index >= 15 is 0 Å².